The van der Waals surface area contributed by atoms with E-state index in [9.17, 15) is 0 Å². The van der Waals surface area contributed by atoms with Crippen molar-refractivity contribution in [3.8, 4) is 0 Å². The van der Waals surface area contributed by atoms with Crippen molar-refractivity contribution in [2.45, 2.75) is 13.0 Å². The highest BCUT2D eigenvalue weighted by Gasteiger charge is 2.08. The standard InChI is InChI=1S/C9H16N4O/c1(3-13-8-10-11-9-13)2-12-4-6-14-7-5-12/h8-9H,1-7H2. The molecule has 0 saturated carbocycles. The topological polar surface area (TPSA) is 43.2 Å². The second-order valence-corrected chi connectivity index (χ2v) is 3.51. The summed E-state index contributed by atoms with van der Waals surface area (Å²) in [4.78, 5) is 2.44. The summed E-state index contributed by atoms with van der Waals surface area (Å²) < 4.78 is 7.30. The maximum absolute atomic E-state index is 5.29. The van der Waals surface area contributed by atoms with Crippen molar-refractivity contribution in [2.75, 3.05) is 32.8 Å². The fourth-order valence-electron chi connectivity index (χ4n) is 1.64. The lowest BCUT2D eigenvalue weighted by Gasteiger charge is -2.26. The molecule has 2 heterocycles. The van der Waals surface area contributed by atoms with Gasteiger partial charge in [-0.25, -0.2) is 0 Å². The van der Waals surface area contributed by atoms with Gasteiger partial charge in [-0.05, 0) is 6.42 Å². The highest BCUT2D eigenvalue weighted by molar-refractivity contribution is 4.64. The molecule has 78 valence electrons. The lowest BCUT2D eigenvalue weighted by atomic mass is 10.3. The van der Waals surface area contributed by atoms with Gasteiger partial charge in [-0.3, -0.25) is 4.90 Å². The number of ether oxygens (including phenoxy) is 1. The van der Waals surface area contributed by atoms with Crippen molar-refractivity contribution < 1.29 is 4.74 Å². The molecule has 1 aromatic heterocycles. The molecule has 0 atom stereocenters. The maximum atomic E-state index is 5.29. The van der Waals surface area contributed by atoms with Crippen molar-refractivity contribution in [1.29, 1.82) is 0 Å². The van der Waals surface area contributed by atoms with Crippen LogP contribution in [0.4, 0.5) is 0 Å². The van der Waals surface area contributed by atoms with E-state index in [2.05, 4.69) is 15.1 Å². The van der Waals surface area contributed by atoms with Gasteiger partial charge in [-0.1, -0.05) is 0 Å². The van der Waals surface area contributed by atoms with E-state index >= 15 is 0 Å². The van der Waals surface area contributed by atoms with Crippen LogP contribution >= 0.6 is 0 Å². The highest BCUT2D eigenvalue weighted by atomic mass is 16.5. The second kappa shape index (κ2) is 5.07. The number of aryl methyl sites for hydroxylation is 1. The Bertz CT molecular complexity index is 243. The molecule has 0 aliphatic carbocycles. The molecule has 0 amide bonds. The van der Waals surface area contributed by atoms with Gasteiger partial charge in [0.15, 0.2) is 0 Å². The molecular weight excluding hydrogens is 180 g/mol. The summed E-state index contributed by atoms with van der Waals surface area (Å²) in [7, 11) is 0. The van der Waals surface area contributed by atoms with E-state index in [0.717, 1.165) is 45.8 Å². The number of rotatable bonds is 4. The van der Waals surface area contributed by atoms with Gasteiger partial charge in [0.25, 0.3) is 0 Å². The third-order valence-electron chi connectivity index (χ3n) is 2.46. The van der Waals surface area contributed by atoms with E-state index in [-0.39, 0.29) is 0 Å². The Hall–Kier alpha value is -0.940. The van der Waals surface area contributed by atoms with Crippen molar-refractivity contribution in [3.63, 3.8) is 0 Å². The summed E-state index contributed by atoms with van der Waals surface area (Å²) in [6.07, 6.45) is 4.68. The molecule has 0 aromatic carbocycles. The molecule has 0 spiro atoms. The molecule has 0 N–H and O–H groups in total. The van der Waals surface area contributed by atoms with Crippen LogP contribution in [-0.4, -0.2) is 52.5 Å². The summed E-state index contributed by atoms with van der Waals surface area (Å²) >= 11 is 0. The Labute approximate surface area is 83.7 Å². The van der Waals surface area contributed by atoms with Gasteiger partial charge >= 0.3 is 0 Å². The summed E-state index contributed by atoms with van der Waals surface area (Å²) in [6, 6.07) is 0. The van der Waals surface area contributed by atoms with Crippen LogP contribution in [-0.2, 0) is 11.3 Å². The molecule has 1 aliphatic heterocycles. The van der Waals surface area contributed by atoms with Crippen molar-refractivity contribution in [2.24, 2.45) is 0 Å². The van der Waals surface area contributed by atoms with Gasteiger partial charge in [0.2, 0.25) is 0 Å². The van der Waals surface area contributed by atoms with Crippen LogP contribution in [0.5, 0.6) is 0 Å². The Morgan fingerprint density at radius 1 is 1.07 bits per heavy atom. The van der Waals surface area contributed by atoms with E-state index < -0.39 is 0 Å². The fourth-order valence-corrected chi connectivity index (χ4v) is 1.64. The first-order chi connectivity index (χ1) is 6.95. The summed E-state index contributed by atoms with van der Waals surface area (Å²) in [6.45, 7) is 6.05. The summed E-state index contributed by atoms with van der Waals surface area (Å²) in [5.41, 5.74) is 0. The molecular formula is C9H16N4O. The Morgan fingerprint density at radius 3 is 2.50 bits per heavy atom. The van der Waals surface area contributed by atoms with Crippen LogP contribution in [0.3, 0.4) is 0 Å². The number of morpholine rings is 1. The molecule has 1 fully saturated rings. The van der Waals surface area contributed by atoms with Crippen LogP contribution in [0, 0.1) is 0 Å². The van der Waals surface area contributed by atoms with Crippen molar-refractivity contribution in [1.82, 2.24) is 19.7 Å². The monoisotopic (exact) mass is 196 g/mol. The molecule has 0 bridgehead atoms. The van der Waals surface area contributed by atoms with Gasteiger partial charge in [0.05, 0.1) is 13.2 Å². The lowest BCUT2D eigenvalue weighted by molar-refractivity contribution is 0.0369. The van der Waals surface area contributed by atoms with Crippen LogP contribution in [0.1, 0.15) is 6.42 Å². The van der Waals surface area contributed by atoms with Crippen molar-refractivity contribution in [3.05, 3.63) is 12.7 Å². The molecule has 2 rings (SSSR count). The predicted octanol–water partition coefficient (Wildman–Crippen LogP) is 0.000400. The second-order valence-electron chi connectivity index (χ2n) is 3.51. The van der Waals surface area contributed by atoms with Crippen LogP contribution in [0.2, 0.25) is 0 Å². The molecule has 14 heavy (non-hydrogen) atoms. The Balaban J connectivity index is 1.62. The Kier molecular flexibility index (Phi) is 3.48. The predicted molar refractivity (Wildman–Crippen MR) is 51.9 cm³/mol. The molecule has 1 saturated heterocycles. The van der Waals surface area contributed by atoms with E-state index in [1.807, 2.05) is 4.57 Å². The highest BCUT2D eigenvalue weighted by Crippen LogP contribution is 1.99. The Morgan fingerprint density at radius 2 is 1.79 bits per heavy atom. The average Bonchev–Trinajstić information content (AvgIpc) is 2.72. The SMILES string of the molecule is c1nncn1CCCN1CCOCC1. The molecule has 0 radical (unpaired) electrons. The van der Waals surface area contributed by atoms with Crippen LogP contribution in [0.25, 0.3) is 0 Å². The largest absolute Gasteiger partial charge is 0.379 e. The summed E-state index contributed by atoms with van der Waals surface area (Å²) in [5.74, 6) is 0. The average molecular weight is 196 g/mol. The minimum Gasteiger partial charge on any atom is -0.379 e. The van der Waals surface area contributed by atoms with E-state index in [1.54, 1.807) is 12.7 Å². The first-order valence-electron chi connectivity index (χ1n) is 5.08. The van der Waals surface area contributed by atoms with Crippen molar-refractivity contribution >= 4 is 0 Å². The quantitative estimate of drug-likeness (QED) is 0.680. The van der Waals surface area contributed by atoms with Crippen LogP contribution < -0.4 is 0 Å². The van der Waals surface area contributed by atoms with E-state index in [1.165, 1.54) is 0 Å². The molecule has 5 heteroatoms. The zero-order valence-corrected chi connectivity index (χ0v) is 8.30. The number of nitrogens with zero attached hydrogens (tertiary/aromatic N) is 4. The zero-order valence-electron chi connectivity index (χ0n) is 8.30. The number of aromatic nitrogens is 3. The molecule has 0 unspecified atom stereocenters. The smallest absolute Gasteiger partial charge is 0.119 e. The third kappa shape index (κ3) is 2.78. The molecule has 1 aromatic rings. The molecule has 1 aliphatic rings. The zero-order chi connectivity index (χ0) is 9.64. The van der Waals surface area contributed by atoms with Gasteiger partial charge < -0.3 is 9.30 Å². The number of hydrogen-bond donors (Lipinski definition) is 0. The molecule has 5 nitrogen and oxygen atoms in total. The minimum atomic E-state index is 0.882. The number of hydrogen-bond acceptors (Lipinski definition) is 4. The van der Waals surface area contributed by atoms with Gasteiger partial charge in [-0.2, -0.15) is 0 Å². The first kappa shape index (κ1) is 9.61. The lowest BCUT2D eigenvalue weighted by Crippen LogP contribution is -2.37. The normalized spacial score (nSPS) is 18.6. The van der Waals surface area contributed by atoms with Crippen LogP contribution in [0.15, 0.2) is 12.7 Å². The minimum absolute atomic E-state index is 0.882. The maximum Gasteiger partial charge on any atom is 0.119 e. The fraction of sp³-hybridized carbons (Fsp3) is 0.778. The van der Waals surface area contributed by atoms with E-state index in [0.29, 0.717) is 0 Å². The summed E-state index contributed by atoms with van der Waals surface area (Å²) in [5, 5.41) is 7.53. The first-order valence-corrected chi connectivity index (χ1v) is 5.08. The third-order valence-corrected chi connectivity index (χ3v) is 2.46. The van der Waals surface area contributed by atoms with Gasteiger partial charge in [-0.15, -0.1) is 10.2 Å². The van der Waals surface area contributed by atoms with Gasteiger partial charge in [0, 0.05) is 26.2 Å². The van der Waals surface area contributed by atoms with E-state index in [4.69, 9.17) is 4.74 Å². The van der Waals surface area contributed by atoms with Gasteiger partial charge in [0.1, 0.15) is 12.7 Å².